The standard InChI is InChI=1S/C21H32F3NO3/c1-2-3-4-5-6-7-8-9-10-11-14-25-15-18(27)16-12-13-17(26)20(28)19(16)21(22,23)24/h11-14,18,25-28H,2-10,15H2,1H3/b14-11+. The number of aliphatic hydroxyl groups excluding tert-OH is 1. The highest BCUT2D eigenvalue weighted by Gasteiger charge is 2.39. The van der Waals surface area contributed by atoms with Crippen molar-refractivity contribution >= 4 is 0 Å². The van der Waals surface area contributed by atoms with E-state index in [9.17, 15) is 28.5 Å². The van der Waals surface area contributed by atoms with Gasteiger partial charge in [0.05, 0.1) is 6.10 Å². The van der Waals surface area contributed by atoms with E-state index in [2.05, 4.69) is 12.2 Å². The Morgan fingerprint density at radius 3 is 2.21 bits per heavy atom. The molecular formula is C21H32F3NO3. The summed E-state index contributed by atoms with van der Waals surface area (Å²) in [4.78, 5) is 0. The number of aromatic hydroxyl groups is 2. The number of phenolic OH excluding ortho intramolecular Hbond substituents is 2. The minimum absolute atomic E-state index is 0.138. The number of phenols is 2. The molecule has 4 N–H and O–H groups in total. The first-order valence-electron chi connectivity index (χ1n) is 9.97. The van der Waals surface area contributed by atoms with Crippen LogP contribution in [-0.4, -0.2) is 21.9 Å². The van der Waals surface area contributed by atoms with Crippen molar-refractivity contribution in [2.24, 2.45) is 0 Å². The van der Waals surface area contributed by atoms with Crippen molar-refractivity contribution in [2.45, 2.75) is 77.0 Å². The van der Waals surface area contributed by atoms with Gasteiger partial charge < -0.3 is 20.6 Å². The Kier molecular flexibility index (Phi) is 10.8. The number of hydrogen-bond donors (Lipinski definition) is 4. The van der Waals surface area contributed by atoms with Crippen molar-refractivity contribution in [3.8, 4) is 11.5 Å². The molecule has 1 atom stereocenters. The van der Waals surface area contributed by atoms with Crippen LogP contribution in [0.15, 0.2) is 24.4 Å². The number of allylic oxidation sites excluding steroid dienone is 1. The fourth-order valence-electron chi connectivity index (χ4n) is 3.02. The molecule has 0 spiro atoms. The van der Waals surface area contributed by atoms with Crippen LogP contribution in [-0.2, 0) is 6.18 Å². The molecular weight excluding hydrogens is 371 g/mol. The molecule has 7 heteroatoms. The molecule has 0 radical (unpaired) electrons. The summed E-state index contributed by atoms with van der Waals surface area (Å²) in [6, 6.07) is 1.90. The molecule has 1 rings (SSSR count). The molecule has 0 aromatic heterocycles. The fraction of sp³-hybridized carbons (Fsp3) is 0.619. The van der Waals surface area contributed by atoms with Crippen molar-refractivity contribution < 1.29 is 28.5 Å². The van der Waals surface area contributed by atoms with Gasteiger partial charge in [0.2, 0.25) is 0 Å². The Labute approximate surface area is 165 Å². The molecule has 0 saturated carbocycles. The lowest BCUT2D eigenvalue weighted by molar-refractivity contribution is -0.140. The van der Waals surface area contributed by atoms with Crippen LogP contribution in [0.5, 0.6) is 11.5 Å². The van der Waals surface area contributed by atoms with Crippen molar-refractivity contribution in [1.29, 1.82) is 0 Å². The van der Waals surface area contributed by atoms with Crippen LogP contribution in [0, 0.1) is 0 Å². The van der Waals surface area contributed by atoms with E-state index >= 15 is 0 Å². The van der Waals surface area contributed by atoms with E-state index in [0.29, 0.717) is 0 Å². The summed E-state index contributed by atoms with van der Waals surface area (Å²) < 4.78 is 39.3. The molecule has 0 saturated heterocycles. The number of halogens is 3. The zero-order valence-corrected chi connectivity index (χ0v) is 16.4. The van der Waals surface area contributed by atoms with E-state index < -0.39 is 34.9 Å². The maximum Gasteiger partial charge on any atom is 0.420 e. The molecule has 4 nitrogen and oxygen atoms in total. The lowest BCUT2D eigenvalue weighted by Gasteiger charge is -2.19. The van der Waals surface area contributed by atoms with Crippen LogP contribution >= 0.6 is 0 Å². The summed E-state index contributed by atoms with van der Waals surface area (Å²) in [7, 11) is 0. The van der Waals surface area contributed by atoms with Crippen molar-refractivity contribution in [1.82, 2.24) is 5.32 Å². The maximum absolute atomic E-state index is 13.1. The second kappa shape index (κ2) is 12.5. The fourth-order valence-corrected chi connectivity index (χ4v) is 3.02. The third kappa shape index (κ3) is 8.42. The number of alkyl halides is 3. The van der Waals surface area contributed by atoms with Gasteiger partial charge >= 0.3 is 6.18 Å². The SMILES string of the molecule is CCCCCCCCCC/C=C/NCC(O)c1ccc(O)c(O)c1C(F)(F)F. The second-order valence-electron chi connectivity index (χ2n) is 6.99. The molecule has 0 fully saturated rings. The molecule has 160 valence electrons. The molecule has 1 aromatic carbocycles. The summed E-state index contributed by atoms with van der Waals surface area (Å²) in [6.45, 7) is 2.06. The third-order valence-electron chi connectivity index (χ3n) is 4.60. The molecule has 0 aliphatic heterocycles. The molecule has 0 heterocycles. The van der Waals surface area contributed by atoms with Gasteiger partial charge in [-0.2, -0.15) is 13.2 Å². The average molecular weight is 403 g/mol. The van der Waals surface area contributed by atoms with E-state index in [-0.39, 0.29) is 6.54 Å². The zero-order chi connectivity index (χ0) is 21.0. The molecule has 0 bridgehead atoms. The number of benzene rings is 1. The molecule has 28 heavy (non-hydrogen) atoms. The van der Waals surface area contributed by atoms with Gasteiger partial charge in [0, 0.05) is 6.54 Å². The highest BCUT2D eigenvalue weighted by Crippen LogP contribution is 2.44. The molecule has 0 aliphatic rings. The van der Waals surface area contributed by atoms with E-state index in [1.165, 1.54) is 38.5 Å². The molecule has 0 aliphatic carbocycles. The van der Waals surface area contributed by atoms with Crippen LogP contribution < -0.4 is 5.32 Å². The van der Waals surface area contributed by atoms with Gasteiger partial charge in [0.1, 0.15) is 5.56 Å². The summed E-state index contributed by atoms with van der Waals surface area (Å²) in [5, 5.41) is 31.7. The monoisotopic (exact) mass is 403 g/mol. The van der Waals surface area contributed by atoms with Gasteiger partial charge in [-0.05, 0) is 30.7 Å². The van der Waals surface area contributed by atoms with E-state index in [4.69, 9.17) is 0 Å². The summed E-state index contributed by atoms with van der Waals surface area (Å²) >= 11 is 0. The first-order valence-corrected chi connectivity index (χ1v) is 9.97. The summed E-state index contributed by atoms with van der Waals surface area (Å²) in [5.41, 5.74) is -1.89. The molecule has 1 aromatic rings. The number of rotatable bonds is 13. The van der Waals surface area contributed by atoms with E-state index in [0.717, 1.165) is 31.4 Å². The predicted octanol–water partition coefficient (Wildman–Crippen LogP) is 5.78. The van der Waals surface area contributed by atoms with E-state index in [1.807, 2.05) is 6.08 Å². The van der Waals surface area contributed by atoms with Crippen molar-refractivity contribution in [3.05, 3.63) is 35.5 Å². The first kappa shape index (κ1) is 24.1. The quantitative estimate of drug-likeness (QED) is 0.249. The predicted molar refractivity (Wildman–Crippen MR) is 104 cm³/mol. The zero-order valence-electron chi connectivity index (χ0n) is 16.4. The van der Waals surface area contributed by atoms with Crippen molar-refractivity contribution in [2.75, 3.05) is 6.54 Å². The maximum atomic E-state index is 13.1. The Morgan fingerprint density at radius 1 is 1.00 bits per heavy atom. The third-order valence-corrected chi connectivity index (χ3v) is 4.60. The van der Waals surface area contributed by atoms with Crippen molar-refractivity contribution in [3.63, 3.8) is 0 Å². The Hall–Kier alpha value is -1.89. The topological polar surface area (TPSA) is 72.7 Å². The lowest BCUT2D eigenvalue weighted by atomic mass is 10.00. The lowest BCUT2D eigenvalue weighted by Crippen LogP contribution is -2.20. The Bertz CT molecular complexity index is 603. The molecule has 1 unspecified atom stereocenters. The second-order valence-corrected chi connectivity index (χ2v) is 6.99. The normalized spacial score (nSPS) is 13.2. The largest absolute Gasteiger partial charge is 0.504 e. The van der Waals surface area contributed by atoms with Gasteiger partial charge in [-0.15, -0.1) is 0 Å². The molecule has 0 amide bonds. The first-order chi connectivity index (χ1) is 13.3. The van der Waals surface area contributed by atoms with Crippen LogP contribution in [0.25, 0.3) is 0 Å². The van der Waals surface area contributed by atoms with Crippen LogP contribution in [0.4, 0.5) is 13.2 Å². The van der Waals surface area contributed by atoms with Gasteiger partial charge in [-0.3, -0.25) is 0 Å². The summed E-state index contributed by atoms with van der Waals surface area (Å²) in [6.07, 6.45) is 7.84. The van der Waals surface area contributed by atoms with Gasteiger partial charge in [0.25, 0.3) is 0 Å². The smallest absolute Gasteiger partial charge is 0.420 e. The number of aliphatic hydroxyl groups is 1. The Morgan fingerprint density at radius 2 is 1.61 bits per heavy atom. The van der Waals surface area contributed by atoms with Crippen LogP contribution in [0.3, 0.4) is 0 Å². The average Bonchev–Trinajstić information content (AvgIpc) is 2.63. The number of hydrogen-bond acceptors (Lipinski definition) is 4. The number of unbranched alkanes of at least 4 members (excludes halogenated alkanes) is 8. The van der Waals surface area contributed by atoms with Gasteiger partial charge in [-0.1, -0.05) is 64.0 Å². The van der Waals surface area contributed by atoms with Crippen LogP contribution in [0.1, 0.15) is 81.9 Å². The highest BCUT2D eigenvalue weighted by atomic mass is 19.4. The minimum atomic E-state index is -4.88. The van der Waals surface area contributed by atoms with Gasteiger partial charge in [0.15, 0.2) is 11.5 Å². The minimum Gasteiger partial charge on any atom is -0.504 e. The highest BCUT2D eigenvalue weighted by molar-refractivity contribution is 5.51. The van der Waals surface area contributed by atoms with Crippen LogP contribution in [0.2, 0.25) is 0 Å². The summed E-state index contributed by atoms with van der Waals surface area (Å²) in [5.74, 6) is -2.14. The van der Waals surface area contributed by atoms with Gasteiger partial charge in [-0.25, -0.2) is 0 Å². The van der Waals surface area contributed by atoms with E-state index in [1.54, 1.807) is 6.20 Å². The Balaban J connectivity index is 2.35. The number of nitrogens with one attached hydrogen (secondary N) is 1.